The number of nitrogens with zero attached hydrogens (tertiary/aromatic N) is 2. The Morgan fingerprint density at radius 3 is 2.81 bits per heavy atom. The lowest BCUT2D eigenvalue weighted by Gasteiger charge is -2.19. The molecule has 1 fully saturated rings. The first-order chi connectivity index (χ1) is 11.6. The second-order valence-corrected chi connectivity index (χ2v) is 5.73. The molecule has 0 unspecified atom stereocenters. The molecule has 1 aromatic carbocycles. The van der Waals surface area contributed by atoms with Gasteiger partial charge in [-0.3, -0.25) is 4.79 Å². The average molecular weight is 408 g/mol. The van der Waals surface area contributed by atoms with Crippen molar-refractivity contribution in [1.29, 1.82) is 0 Å². The third-order valence-corrected chi connectivity index (χ3v) is 4.00. The summed E-state index contributed by atoms with van der Waals surface area (Å²) >= 11 is 0. The zero-order valence-electron chi connectivity index (χ0n) is 14.0. The maximum absolute atomic E-state index is 13.7. The van der Waals surface area contributed by atoms with Crippen LogP contribution in [0.25, 0.3) is 11.3 Å². The smallest absolute Gasteiger partial charge is 0.223 e. The molecule has 1 saturated heterocycles. The molecule has 1 aromatic heterocycles. The average Bonchev–Trinajstić information content (AvgIpc) is 2.85. The van der Waals surface area contributed by atoms with Gasteiger partial charge < -0.3 is 14.6 Å². The van der Waals surface area contributed by atoms with E-state index in [0.717, 1.165) is 38.2 Å². The number of benzene rings is 1. The van der Waals surface area contributed by atoms with Gasteiger partial charge in [0.2, 0.25) is 5.91 Å². The lowest BCUT2D eigenvalue weighted by molar-refractivity contribution is -0.131. The van der Waals surface area contributed by atoms with E-state index >= 15 is 0 Å². The lowest BCUT2D eigenvalue weighted by Crippen LogP contribution is -2.34. The number of hydrogen-bond donors (Lipinski definition) is 1. The van der Waals surface area contributed by atoms with E-state index < -0.39 is 11.6 Å². The highest BCUT2D eigenvalue weighted by atomic mass is 35.5. The van der Waals surface area contributed by atoms with Crippen molar-refractivity contribution in [3.05, 3.63) is 41.9 Å². The summed E-state index contributed by atoms with van der Waals surface area (Å²) in [4.78, 5) is 18.1. The van der Waals surface area contributed by atoms with Gasteiger partial charge in [-0.2, -0.15) is 0 Å². The van der Waals surface area contributed by atoms with Crippen molar-refractivity contribution >= 4 is 30.7 Å². The van der Waals surface area contributed by atoms with E-state index in [4.69, 9.17) is 4.42 Å². The van der Waals surface area contributed by atoms with E-state index in [1.165, 1.54) is 12.3 Å². The first-order valence-electron chi connectivity index (χ1n) is 8.02. The van der Waals surface area contributed by atoms with Crippen LogP contribution in [0.15, 0.2) is 28.8 Å². The second kappa shape index (κ2) is 10.4. The summed E-state index contributed by atoms with van der Waals surface area (Å²) in [6, 6.07) is 3.27. The molecule has 5 nitrogen and oxygen atoms in total. The van der Waals surface area contributed by atoms with Crippen LogP contribution in [0.1, 0.15) is 18.7 Å². The van der Waals surface area contributed by atoms with Crippen LogP contribution in [0.3, 0.4) is 0 Å². The Balaban J connectivity index is 0.00000169. The predicted molar refractivity (Wildman–Crippen MR) is 98.7 cm³/mol. The Kier molecular flexibility index (Phi) is 8.98. The van der Waals surface area contributed by atoms with Crippen LogP contribution in [0.5, 0.6) is 0 Å². The molecule has 1 aliphatic rings. The first kappa shape index (κ1) is 22.3. The molecule has 0 saturated carbocycles. The number of oxazole rings is 1. The van der Waals surface area contributed by atoms with Crippen molar-refractivity contribution in [3.8, 4) is 11.3 Å². The summed E-state index contributed by atoms with van der Waals surface area (Å²) in [6.45, 7) is 3.19. The molecule has 9 heteroatoms. The zero-order valence-corrected chi connectivity index (χ0v) is 15.7. The number of aryl methyl sites for hydroxylation is 1. The monoisotopic (exact) mass is 407 g/mol. The van der Waals surface area contributed by atoms with Gasteiger partial charge in [-0.05, 0) is 25.1 Å². The van der Waals surface area contributed by atoms with E-state index in [2.05, 4.69) is 10.3 Å². The van der Waals surface area contributed by atoms with Gasteiger partial charge in [-0.1, -0.05) is 0 Å². The van der Waals surface area contributed by atoms with Gasteiger partial charge in [0.1, 0.15) is 11.6 Å². The number of amides is 1. The third kappa shape index (κ3) is 5.65. The summed E-state index contributed by atoms with van der Waals surface area (Å²) in [5.74, 6) is -0.685. The van der Waals surface area contributed by atoms with Crippen LogP contribution in [-0.4, -0.2) is 42.0 Å². The highest BCUT2D eigenvalue weighted by Gasteiger charge is 2.17. The van der Waals surface area contributed by atoms with Crippen molar-refractivity contribution in [2.45, 2.75) is 19.3 Å². The topological polar surface area (TPSA) is 58.4 Å². The van der Waals surface area contributed by atoms with Crippen LogP contribution in [-0.2, 0) is 11.2 Å². The quantitative estimate of drug-likeness (QED) is 0.844. The zero-order chi connectivity index (χ0) is 16.9. The van der Waals surface area contributed by atoms with Gasteiger partial charge in [-0.15, -0.1) is 24.8 Å². The van der Waals surface area contributed by atoms with E-state index in [1.54, 1.807) is 0 Å². The van der Waals surface area contributed by atoms with Crippen molar-refractivity contribution < 1.29 is 18.0 Å². The minimum atomic E-state index is -0.703. The number of nitrogens with one attached hydrogen (secondary N) is 1. The van der Waals surface area contributed by atoms with Crippen molar-refractivity contribution in [2.24, 2.45) is 0 Å². The summed E-state index contributed by atoms with van der Waals surface area (Å²) in [5, 5.41) is 3.25. The van der Waals surface area contributed by atoms with Crippen LogP contribution in [0, 0.1) is 11.6 Å². The number of carbonyl (C=O) groups is 1. The van der Waals surface area contributed by atoms with E-state index in [9.17, 15) is 13.6 Å². The van der Waals surface area contributed by atoms with E-state index in [-0.39, 0.29) is 42.0 Å². The molecule has 3 rings (SSSR count). The Hall–Kier alpha value is -1.70. The maximum Gasteiger partial charge on any atom is 0.223 e. The Labute approximate surface area is 163 Å². The van der Waals surface area contributed by atoms with Crippen LogP contribution < -0.4 is 5.32 Å². The molecule has 0 spiro atoms. The van der Waals surface area contributed by atoms with Gasteiger partial charge in [0.15, 0.2) is 11.7 Å². The molecule has 0 bridgehead atoms. The predicted octanol–water partition coefficient (Wildman–Crippen LogP) is 3.22. The number of carbonyl (C=O) groups excluding carboxylic acids is 1. The molecule has 144 valence electrons. The van der Waals surface area contributed by atoms with Crippen molar-refractivity contribution in [1.82, 2.24) is 15.2 Å². The minimum absolute atomic E-state index is 0. The normalized spacial score (nSPS) is 14.2. The highest BCUT2D eigenvalue weighted by molar-refractivity contribution is 5.85. The third-order valence-electron chi connectivity index (χ3n) is 4.00. The number of aromatic nitrogens is 1. The standard InChI is InChI=1S/C17H19F2N3O2.2ClH/c18-12-2-3-13(14(19)10-12)15-11-21-16(24-15)4-5-17(23)22-8-1-6-20-7-9-22;;/h2-3,10-11,20H,1,4-9H2;2*1H. The summed E-state index contributed by atoms with van der Waals surface area (Å²) in [7, 11) is 0. The number of hydrogen-bond acceptors (Lipinski definition) is 4. The van der Waals surface area contributed by atoms with Gasteiger partial charge in [0.05, 0.1) is 11.8 Å². The first-order valence-corrected chi connectivity index (χ1v) is 8.02. The molecule has 26 heavy (non-hydrogen) atoms. The van der Waals surface area contributed by atoms with Crippen molar-refractivity contribution in [2.75, 3.05) is 26.2 Å². The summed E-state index contributed by atoms with van der Waals surface area (Å²) in [6.07, 6.45) is 2.99. The molecule has 0 radical (unpaired) electrons. The second-order valence-electron chi connectivity index (χ2n) is 5.73. The van der Waals surface area contributed by atoms with Gasteiger partial charge in [0.25, 0.3) is 0 Å². The summed E-state index contributed by atoms with van der Waals surface area (Å²) in [5.41, 5.74) is 0.153. The molecule has 1 N–H and O–H groups in total. The lowest BCUT2D eigenvalue weighted by atomic mass is 10.2. The van der Waals surface area contributed by atoms with Gasteiger partial charge in [-0.25, -0.2) is 13.8 Å². The Bertz CT molecular complexity index is 720. The molecular formula is C17H21Cl2F2N3O2. The fourth-order valence-electron chi connectivity index (χ4n) is 2.71. The number of rotatable bonds is 4. The van der Waals surface area contributed by atoms with E-state index in [0.29, 0.717) is 25.3 Å². The Morgan fingerprint density at radius 2 is 2.04 bits per heavy atom. The largest absolute Gasteiger partial charge is 0.441 e. The Morgan fingerprint density at radius 1 is 1.23 bits per heavy atom. The van der Waals surface area contributed by atoms with Crippen LogP contribution >= 0.6 is 24.8 Å². The minimum Gasteiger partial charge on any atom is -0.441 e. The summed E-state index contributed by atoms with van der Waals surface area (Å²) < 4.78 is 32.2. The van der Waals surface area contributed by atoms with Crippen LogP contribution in [0.4, 0.5) is 8.78 Å². The molecule has 1 aliphatic heterocycles. The number of halogens is 4. The van der Waals surface area contributed by atoms with Gasteiger partial charge in [0, 0.05) is 38.5 Å². The SMILES string of the molecule is Cl.Cl.O=C(CCc1ncc(-c2ccc(F)cc2F)o1)N1CCCNCC1. The molecule has 0 atom stereocenters. The highest BCUT2D eigenvalue weighted by Crippen LogP contribution is 2.24. The molecule has 2 heterocycles. The molecular weight excluding hydrogens is 387 g/mol. The molecule has 0 aliphatic carbocycles. The van der Waals surface area contributed by atoms with Gasteiger partial charge >= 0.3 is 0 Å². The maximum atomic E-state index is 13.7. The van der Waals surface area contributed by atoms with Crippen molar-refractivity contribution in [3.63, 3.8) is 0 Å². The fourth-order valence-corrected chi connectivity index (χ4v) is 2.71. The van der Waals surface area contributed by atoms with Crippen LogP contribution in [0.2, 0.25) is 0 Å². The molecule has 2 aromatic rings. The van der Waals surface area contributed by atoms with E-state index in [1.807, 2.05) is 4.90 Å². The molecule has 1 amide bonds. The fraction of sp³-hybridized carbons (Fsp3) is 0.412.